The Bertz CT molecular complexity index is 453. The van der Waals surface area contributed by atoms with E-state index in [0.717, 1.165) is 34.6 Å². The zero-order chi connectivity index (χ0) is 14.0. The van der Waals surface area contributed by atoms with Gasteiger partial charge in [-0.15, -0.1) is 0 Å². The third-order valence-electron chi connectivity index (χ3n) is 3.77. The summed E-state index contributed by atoms with van der Waals surface area (Å²) in [6.07, 6.45) is 1.16. The summed E-state index contributed by atoms with van der Waals surface area (Å²) in [5, 5.41) is 0. The SMILES string of the molecule is COc1ccc(C(N)C2CCOC2C)c(OC)c1Br. The Morgan fingerprint density at radius 3 is 2.63 bits per heavy atom. The van der Waals surface area contributed by atoms with Crippen LogP contribution in [0.1, 0.15) is 24.9 Å². The Balaban J connectivity index is 2.36. The molecule has 1 aliphatic heterocycles. The van der Waals surface area contributed by atoms with Crippen LogP contribution in [0, 0.1) is 5.92 Å². The molecular weight excluding hydrogens is 310 g/mol. The van der Waals surface area contributed by atoms with E-state index >= 15 is 0 Å². The first kappa shape index (κ1) is 14.6. The predicted octanol–water partition coefficient (Wildman–Crippen LogP) is 2.89. The lowest BCUT2D eigenvalue weighted by Gasteiger charge is -2.25. The highest BCUT2D eigenvalue weighted by atomic mass is 79.9. The standard InChI is InChI=1S/C14H20BrNO3/c1-8-9(6-7-19-8)13(16)10-4-5-11(17-2)12(15)14(10)18-3/h4-5,8-9,13H,6-7,16H2,1-3H3. The molecule has 2 rings (SSSR count). The van der Waals surface area contributed by atoms with E-state index in [1.54, 1.807) is 14.2 Å². The maximum atomic E-state index is 6.41. The van der Waals surface area contributed by atoms with Crippen LogP contribution in [0.25, 0.3) is 0 Å². The molecule has 4 nitrogen and oxygen atoms in total. The molecule has 0 bridgehead atoms. The highest BCUT2D eigenvalue weighted by Gasteiger charge is 2.32. The van der Waals surface area contributed by atoms with E-state index in [9.17, 15) is 0 Å². The number of hydrogen-bond donors (Lipinski definition) is 1. The maximum absolute atomic E-state index is 6.41. The Hall–Kier alpha value is -0.780. The number of benzene rings is 1. The Kier molecular flexibility index (Phi) is 4.71. The molecule has 0 aromatic heterocycles. The van der Waals surface area contributed by atoms with Crippen LogP contribution in [0.5, 0.6) is 11.5 Å². The summed E-state index contributed by atoms with van der Waals surface area (Å²) in [5.74, 6) is 1.80. The second kappa shape index (κ2) is 6.11. The lowest BCUT2D eigenvalue weighted by molar-refractivity contribution is 0.0992. The van der Waals surface area contributed by atoms with E-state index in [1.807, 2.05) is 12.1 Å². The number of halogens is 1. The fraction of sp³-hybridized carbons (Fsp3) is 0.571. The van der Waals surface area contributed by atoms with Crippen molar-refractivity contribution in [3.8, 4) is 11.5 Å². The van der Waals surface area contributed by atoms with Crippen molar-refractivity contribution in [2.75, 3.05) is 20.8 Å². The average molecular weight is 330 g/mol. The third kappa shape index (κ3) is 2.73. The van der Waals surface area contributed by atoms with Crippen molar-refractivity contribution < 1.29 is 14.2 Å². The minimum atomic E-state index is -0.102. The largest absolute Gasteiger partial charge is 0.495 e. The Labute approximate surface area is 122 Å². The highest BCUT2D eigenvalue weighted by Crippen LogP contribution is 2.42. The first-order chi connectivity index (χ1) is 9.10. The van der Waals surface area contributed by atoms with Crippen molar-refractivity contribution in [2.45, 2.75) is 25.5 Å². The van der Waals surface area contributed by atoms with E-state index in [4.69, 9.17) is 19.9 Å². The van der Waals surface area contributed by atoms with E-state index in [2.05, 4.69) is 22.9 Å². The third-order valence-corrected chi connectivity index (χ3v) is 4.52. The van der Waals surface area contributed by atoms with Crippen LogP contribution in [0.3, 0.4) is 0 Å². The molecule has 1 saturated heterocycles. The molecule has 1 aliphatic rings. The Morgan fingerprint density at radius 1 is 1.37 bits per heavy atom. The van der Waals surface area contributed by atoms with Gasteiger partial charge in [0.05, 0.1) is 20.3 Å². The number of rotatable bonds is 4. The molecule has 0 saturated carbocycles. The second-order valence-electron chi connectivity index (χ2n) is 4.76. The van der Waals surface area contributed by atoms with Crippen LogP contribution in [-0.2, 0) is 4.74 Å². The summed E-state index contributed by atoms with van der Waals surface area (Å²) < 4.78 is 17.2. The van der Waals surface area contributed by atoms with Crippen molar-refractivity contribution in [2.24, 2.45) is 11.7 Å². The molecule has 19 heavy (non-hydrogen) atoms. The van der Waals surface area contributed by atoms with Gasteiger partial charge in [-0.3, -0.25) is 0 Å². The summed E-state index contributed by atoms with van der Waals surface area (Å²) in [4.78, 5) is 0. The van der Waals surface area contributed by atoms with Crippen LogP contribution in [0.15, 0.2) is 16.6 Å². The molecule has 3 unspecified atom stereocenters. The molecular formula is C14H20BrNO3. The first-order valence-electron chi connectivity index (χ1n) is 6.37. The molecule has 1 fully saturated rings. The lowest BCUT2D eigenvalue weighted by Crippen LogP contribution is -2.27. The van der Waals surface area contributed by atoms with E-state index in [-0.39, 0.29) is 12.1 Å². The molecule has 0 aliphatic carbocycles. The molecule has 0 amide bonds. The van der Waals surface area contributed by atoms with Crippen LogP contribution in [-0.4, -0.2) is 26.9 Å². The second-order valence-corrected chi connectivity index (χ2v) is 5.55. The highest BCUT2D eigenvalue weighted by molar-refractivity contribution is 9.10. The first-order valence-corrected chi connectivity index (χ1v) is 7.17. The van der Waals surface area contributed by atoms with Crippen LogP contribution in [0.2, 0.25) is 0 Å². The molecule has 1 aromatic carbocycles. The van der Waals surface area contributed by atoms with Crippen molar-refractivity contribution in [1.82, 2.24) is 0 Å². The summed E-state index contributed by atoms with van der Waals surface area (Å²) in [6, 6.07) is 3.77. The van der Waals surface area contributed by atoms with Crippen molar-refractivity contribution in [3.05, 3.63) is 22.2 Å². The van der Waals surface area contributed by atoms with Gasteiger partial charge in [-0.2, -0.15) is 0 Å². The van der Waals surface area contributed by atoms with Crippen LogP contribution < -0.4 is 15.2 Å². The van der Waals surface area contributed by atoms with Gasteiger partial charge in [0.25, 0.3) is 0 Å². The van der Waals surface area contributed by atoms with Crippen LogP contribution in [0.4, 0.5) is 0 Å². The molecule has 3 atom stereocenters. The normalized spacial score (nSPS) is 24.3. The number of nitrogens with two attached hydrogens (primary N) is 1. The molecule has 5 heteroatoms. The molecule has 106 valence electrons. The summed E-state index contributed by atoms with van der Waals surface area (Å²) in [6.45, 7) is 2.85. The molecule has 2 N–H and O–H groups in total. The quantitative estimate of drug-likeness (QED) is 0.922. The zero-order valence-electron chi connectivity index (χ0n) is 11.5. The molecule has 0 spiro atoms. The van der Waals surface area contributed by atoms with Crippen molar-refractivity contribution in [3.63, 3.8) is 0 Å². The van der Waals surface area contributed by atoms with Gasteiger partial charge in [0.1, 0.15) is 16.0 Å². The smallest absolute Gasteiger partial charge is 0.141 e. The zero-order valence-corrected chi connectivity index (χ0v) is 13.1. The maximum Gasteiger partial charge on any atom is 0.141 e. The van der Waals surface area contributed by atoms with Gasteiger partial charge in [-0.25, -0.2) is 0 Å². The van der Waals surface area contributed by atoms with E-state index < -0.39 is 0 Å². The average Bonchev–Trinajstić information content (AvgIpc) is 2.83. The van der Waals surface area contributed by atoms with Gasteiger partial charge in [-0.1, -0.05) is 0 Å². The van der Waals surface area contributed by atoms with Crippen molar-refractivity contribution >= 4 is 15.9 Å². The minimum absolute atomic E-state index is 0.102. The van der Waals surface area contributed by atoms with Crippen LogP contribution >= 0.6 is 15.9 Å². The monoisotopic (exact) mass is 329 g/mol. The van der Waals surface area contributed by atoms with Gasteiger partial charge in [0.2, 0.25) is 0 Å². The molecule has 1 heterocycles. The predicted molar refractivity (Wildman–Crippen MR) is 77.7 cm³/mol. The van der Waals surface area contributed by atoms with Gasteiger partial charge in [-0.05, 0) is 41.4 Å². The fourth-order valence-corrected chi connectivity index (χ4v) is 3.32. The summed E-state index contributed by atoms with van der Waals surface area (Å²) in [5.41, 5.74) is 7.39. The van der Waals surface area contributed by atoms with Gasteiger partial charge >= 0.3 is 0 Å². The van der Waals surface area contributed by atoms with Gasteiger partial charge in [0, 0.05) is 24.1 Å². The van der Waals surface area contributed by atoms with Gasteiger partial charge in [0.15, 0.2) is 0 Å². The topological polar surface area (TPSA) is 53.7 Å². The lowest BCUT2D eigenvalue weighted by atomic mass is 9.88. The van der Waals surface area contributed by atoms with Crippen molar-refractivity contribution in [1.29, 1.82) is 0 Å². The number of hydrogen-bond acceptors (Lipinski definition) is 4. The molecule has 1 aromatic rings. The fourth-order valence-electron chi connectivity index (χ4n) is 2.63. The minimum Gasteiger partial charge on any atom is -0.495 e. The van der Waals surface area contributed by atoms with E-state index in [1.165, 1.54) is 0 Å². The molecule has 0 radical (unpaired) electrons. The Morgan fingerprint density at radius 2 is 2.11 bits per heavy atom. The van der Waals surface area contributed by atoms with E-state index in [0.29, 0.717) is 5.92 Å². The summed E-state index contributed by atoms with van der Waals surface area (Å²) >= 11 is 3.51. The number of methoxy groups -OCH3 is 2. The van der Waals surface area contributed by atoms with Gasteiger partial charge < -0.3 is 19.9 Å². The number of ether oxygens (including phenoxy) is 3. The summed E-state index contributed by atoms with van der Waals surface area (Å²) in [7, 11) is 3.27.